The largest absolute Gasteiger partial charge is 2.00 e. The average molecular weight is 751 g/mol. The van der Waals surface area contributed by atoms with Crippen LogP contribution in [0.25, 0.3) is 60.3 Å². The molecule has 0 bridgehead atoms. The van der Waals surface area contributed by atoms with Crippen molar-refractivity contribution >= 4 is 49.0 Å². The van der Waals surface area contributed by atoms with Gasteiger partial charge in [0, 0.05) is 34.1 Å². The van der Waals surface area contributed by atoms with Crippen LogP contribution in [-0.2, 0) is 26.5 Å². The number of ether oxygens (including phenoxy) is 1. The Morgan fingerprint density at radius 2 is 1.55 bits per heavy atom. The third-order valence-corrected chi connectivity index (χ3v) is 8.36. The smallest absolute Gasteiger partial charge is 0.422 e. The molecular weight excluding hydrogens is 722 g/mol. The summed E-state index contributed by atoms with van der Waals surface area (Å²) in [5.41, 5.74) is 8.29. The number of aromatic nitrogens is 3. The van der Waals surface area contributed by atoms with E-state index in [1.165, 1.54) is 16.5 Å². The molecule has 0 atom stereocenters. The van der Waals surface area contributed by atoms with Crippen molar-refractivity contribution in [1.82, 2.24) is 14.4 Å². The van der Waals surface area contributed by atoms with E-state index in [4.69, 9.17) is 14.7 Å². The molecular formula is C39H29N3OPt. The van der Waals surface area contributed by atoms with E-state index in [0.29, 0.717) is 11.8 Å². The Balaban J connectivity index is 0.00000312. The van der Waals surface area contributed by atoms with Gasteiger partial charge in [-0.1, -0.05) is 86.1 Å². The summed E-state index contributed by atoms with van der Waals surface area (Å²) < 4.78 is 8.83. The van der Waals surface area contributed by atoms with Gasteiger partial charge < -0.3 is 9.14 Å². The predicted octanol–water partition coefficient (Wildman–Crippen LogP) is 10.0. The van der Waals surface area contributed by atoms with Gasteiger partial charge in [0.05, 0.1) is 0 Å². The molecule has 4 heterocycles. The number of hydrogen-bond acceptors (Lipinski definition) is 3. The molecule has 4 nitrogen and oxygen atoms in total. The van der Waals surface area contributed by atoms with E-state index in [1.54, 1.807) is 0 Å². The quantitative estimate of drug-likeness (QED) is 0.103. The Bertz CT molecular complexity index is 2370. The van der Waals surface area contributed by atoms with Crippen LogP contribution in [0.2, 0.25) is 0 Å². The second-order valence-corrected chi connectivity index (χ2v) is 12.2. The number of nitrogens with zero attached hydrogens (tertiary/aromatic N) is 3. The minimum atomic E-state index is -0.0895. The predicted molar refractivity (Wildman–Crippen MR) is 176 cm³/mol. The average Bonchev–Trinajstić information content (AvgIpc) is 3.32. The number of aryl methyl sites for hydroxylation is 1. The number of benzene rings is 4. The van der Waals surface area contributed by atoms with Crippen LogP contribution in [0.3, 0.4) is 0 Å². The van der Waals surface area contributed by atoms with E-state index in [0.717, 1.165) is 54.9 Å². The maximum Gasteiger partial charge on any atom is 2.00 e. The van der Waals surface area contributed by atoms with Gasteiger partial charge in [-0.25, -0.2) is 0 Å². The van der Waals surface area contributed by atoms with Crippen molar-refractivity contribution in [2.45, 2.75) is 33.1 Å². The fraction of sp³-hybridized carbons (Fsp3) is 0.128. The molecule has 0 saturated carbocycles. The van der Waals surface area contributed by atoms with Gasteiger partial charge in [-0.3, -0.25) is 9.97 Å². The van der Waals surface area contributed by atoms with Crippen molar-refractivity contribution < 1.29 is 25.8 Å². The molecule has 216 valence electrons. The number of fused-ring (bicyclic) bond motifs is 9. The van der Waals surface area contributed by atoms with Crippen LogP contribution in [0.5, 0.6) is 11.8 Å². The van der Waals surface area contributed by atoms with Gasteiger partial charge in [-0.2, -0.15) is 0 Å². The molecule has 44 heavy (non-hydrogen) atoms. The topological polar surface area (TPSA) is 39.4 Å². The molecule has 4 aromatic carbocycles. The van der Waals surface area contributed by atoms with Gasteiger partial charge >= 0.3 is 21.1 Å². The van der Waals surface area contributed by atoms with Gasteiger partial charge in [0.1, 0.15) is 0 Å². The van der Waals surface area contributed by atoms with Crippen molar-refractivity contribution in [3.05, 3.63) is 126 Å². The Hall–Kier alpha value is -4.53. The van der Waals surface area contributed by atoms with E-state index in [9.17, 15) is 0 Å². The first-order valence-electron chi connectivity index (χ1n) is 14.6. The molecule has 4 aromatic heterocycles. The van der Waals surface area contributed by atoms with E-state index in [-0.39, 0.29) is 26.5 Å². The van der Waals surface area contributed by atoms with Crippen molar-refractivity contribution in [1.29, 1.82) is 0 Å². The molecule has 5 heteroatoms. The minimum absolute atomic E-state index is 0. The molecule has 0 aliphatic carbocycles. The monoisotopic (exact) mass is 750 g/mol. The van der Waals surface area contributed by atoms with Crippen LogP contribution in [-0.4, -0.2) is 14.4 Å². The van der Waals surface area contributed by atoms with Crippen LogP contribution < -0.4 is 4.74 Å². The summed E-state index contributed by atoms with van der Waals surface area (Å²) in [4.78, 5) is 10.0. The summed E-state index contributed by atoms with van der Waals surface area (Å²) >= 11 is 0. The minimum Gasteiger partial charge on any atom is -0.422 e. The molecule has 0 N–H and O–H groups in total. The molecule has 0 aliphatic rings. The Kier molecular flexibility index (Phi) is 6.79. The summed E-state index contributed by atoms with van der Waals surface area (Å²) in [7, 11) is 0. The molecule has 0 amide bonds. The van der Waals surface area contributed by atoms with Crippen LogP contribution in [0.4, 0.5) is 0 Å². The molecule has 0 fully saturated rings. The van der Waals surface area contributed by atoms with Crippen molar-refractivity contribution in [2.75, 3.05) is 0 Å². The van der Waals surface area contributed by atoms with Gasteiger partial charge in [0.25, 0.3) is 0 Å². The van der Waals surface area contributed by atoms with E-state index < -0.39 is 0 Å². The fourth-order valence-electron chi connectivity index (χ4n) is 6.15. The Morgan fingerprint density at radius 1 is 0.750 bits per heavy atom. The third-order valence-electron chi connectivity index (χ3n) is 8.36. The van der Waals surface area contributed by atoms with Crippen molar-refractivity contribution in [3.8, 4) is 23.0 Å². The first kappa shape index (κ1) is 28.3. The summed E-state index contributed by atoms with van der Waals surface area (Å²) in [5.74, 6) is 1.01. The summed E-state index contributed by atoms with van der Waals surface area (Å²) in [6.45, 7) is 8.78. The zero-order chi connectivity index (χ0) is 29.3. The standard InChI is InChI=1S/C39H29N3O.Pt/c1-24-29-16-10-11-17-33(29)42-34-21-27-15-9-8-14-26(27)20-31(34)37-30(38(24)42)18-19-35(41-37)43-36-23-28(39(2,3)4)22-32(40-36)25-12-6-5-7-13-25;/h5-12,14-19,21-23H,1-4H3;/q-2;+2. The second-order valence-electron chi connectivity index (χ2n) is 12.2. The molecule has 0 aliphatic heterocycles. The van der Waals surface area contributed by atoms with Crippen molar-refractivity contribution in [2.24, 2.45) is 0 Å². The summed E-state index contributed by atoms with van der Waals surface area (Å²) in [6, 6.07) is 42.3. The normalized spacial score (nSPS) is 11.9. The molecule has 0 spiro atoms. The first-order valence-corrected chi connectivity index (χ1v) is 14.6. The zero-order valence-electron chi connectivity index (χ0n) is 24.9. The van der Waals surface area contributed by atoms with Crippen LogP contribution in [0.15, 0.2) is 103 Å². The van der Waals surface area contributed by atoms with Gasteiger partial charge in [0.15, 0.2) is 0 Å². The Morgan fingerprint density at radius 3 is 2.36 bits per heavy atom. The number of rotatable bonds is 3. The zero-order valence-corrected chi connectivity index (χ0v) is 27.2. The van der Waals surface area contributed by atoms with E-state index in [2.05, 4.69) is 111 Å². The maximum atomic E-state index is 6.47. The number of para-hydroxylation sites is 1. The SMILES string of the molecule is Cc1c2ccccc2n2c3cc4ccccc4[c-]c3c3nc(Oc4cc(C(C)(C)C)cc(-c5[c-]cccc5)n4)ccc3c12.[Pt+2]. The van der Waals surface area contributed by atoms with Crippen LogP contribution >= 0.6 is 0 Å². The van der Waals surface area contributed by atoms with E-state index >= 15 is 0 Å². The van der Waals surface area contributed by atoms with Gasteiger partial charge in [-0.15, -0.1) is 53.4 Å². The number of pyridine rings is 3. The second kappa shape index (κ2) is 10.6. The van der Waals surface area contributed by atoms with Crippen LogP contribution in [0, 0.1) is 19.1 Å². The van der Waals surface area contributed by atoms with E-state index in [1.807, 2.05) is 36.4 Å². The van der Waals surface area contributed by atoms with Gasteiger partial charge in [-0.05, 0) is 46.1 Å². The summed E-state index contributed by atoms with van der Waals surface area (Å²) in [6.07, 6.45) is 0. The molecule has 0 saturated heterocycles. The number of hydrogen-bond donors (Lipinski definition) is 0. The molecule has 8 rings (SSSR count). The van der Waals surface area contributed by atoms with Crippen molar-refractivity contribution in [3.63, 3.8) is 0 Å². The van der Waals surface area contributed by atoms with Gasteiger partial charge in [0.2, 0.25) is 11.8 Å². The first-order chi connectivity index (χ1) is 20.8. The summed E-state index contributed by atoms with van der Waals surface area (Å²) in [5, 5.41) is 5.46. The van der Waals surface area contributed by atoms with Crippen LogP contribution in [0.1, 0.15) is 31.9 Å². The maximum absolute atomic E-state index is 6.47. The molecule has 0 radical (unpaired) electrons. The molecule has 0 unspecified atom stereocenters. The fourth-order valence-corrected chi connectivity index (χ4v) is 6.15. The molecule has 8 aromatic rings. The Labute approximate surface area is 270 Å². The third kappa shape index (κ3) is 4.57.